The van der Waals surface area contributed by atoms with E-state index >= 15 is 0 Å². The number of likely N-dealkylation sites (N-methyl/N-ethyl adjacent to an activating group) is 1. The number of para-hydroxylation sites is 1. The molecule has 0 radical (unpaired) electrons. The Morgan fingerprint density at radius 1 is 1.33 bits per heavy atom. The van der Waals surface area contributed by atoms with Crippen molar-refractivity contribution >= 4 is 21.6 Å². The van der Waals surface area contributed by atoms with Crippen LogP contribution in [0.15, 0.2) is 30.3 Å². The molecule has 134 valence electrons. The molecular weight excluding hydrogens is 326 g/mol. The molecular formula is C17H27N3O3S. The summed E-state index contributed by atoms with van der Waals surface area (Å²) in [4.78, 5) is 14.6. The van der Waals surface area contributed by atoms with Gasteiger partial charge in [-0.3, -0.25) is 4.79 Å². The molecule has 1 fully saturated rings. The molecule has 1 aliphatic rings. The molecule has 2 rings (SSSR count). The van der Waals surface area contributed by atoms with E-state index in [2.05, 4.69) is 10.2 Å². The fourth-order valence-corrected chi connectivity index (χ4v) is 4.11. The van der Waals surface area contributed by atoms with Gasteiger partial charge in [0.05, 0.1) is 6.26 Å². The van der Waals surface area contributed by atoms with Gasteiger partial charge in [-0.2, -0.15) is 4.31 Å². The number of benzene rings is 1. The number of rotatable bonds is 6. The molecule has 0 aromatic heterocycles. The van der Waals surface area contributed by atoms with Crippen LogP contribution in [0.1, 0.15) is 26.2 Å². The van der Waals surface area contributed by atoms with Crippen LogP contribution in [0.2, 0.25) is 0 Å². The maximum Gasteiger partial charge on any atom is 0.238 e. The van der Waals surface area contributed by atoms with Crippen molar-refractivity contribution in [3.8, 4) is 0 Å². The Morgan fingerprint density at radius 2 is 2.00 bits per heavy atom. The van der Waals surface area contributed by atoms with E-state index in [1.807, 2.05) is 44.3 Å². The van der Waals surface area contributed by atoms with Crippen LogP contribution in [0.4, 0.5) is 5.69 Å². The normalized spacial score (nSPS) is 20.4. The third kappa shape index (κ3) is 4.70. The molecule has 1 heterocycles. The lowest BCUT2D eigenvalue weighted by molar-refractivity contribution is -0.125. The first-order chi connectivity index (χ1) is 11.3. The predicted molar refractivity (Wildman–Crippen MR) is 96.5 cm³/mol. The second kappa shape index (κ2) is 7.98. The van der Waals surface area contributed by atoms with Gasteiger partial charge in [-0.1, -0.05) is 24.6 Å². The smallest absolute Gasteiger partial charge is 0.238 e. The van der Waals surface area contributed by atoms with Crippen LogP contribution in [-0.4, -0.2) is 57.1 Å². The quantitative estimate of drug-likeness (QED) is 0.840. The van der Waals surface area contributed by atoms with Crippen molar-refractivity contribution in [1.29, 1.82) is 0 Å². The predicted octanol–water partition coefficient (Wildman–Crippen LogP) is 1.44. The molecule has 0 saturated carbocycles. The van der Waals surface area contributed by atoms with E-state index in [0.717, 1.165) is 18.5 Å². The van der Waals surface area contributed by atoms with Gasteiger partial charge < -0.3 is 10.2 Å². The van der Waals surface area contributed by atoms with Crippen molar-refractivity contribution in [3.05, 3.63) is 30.3 Å². The minimum absolute atomic E-state index is 0.103. The first-order valence-corrected chi connectivity index (χ1v) is 10.2. The monoisotopic (exact) mass is 353 g/mol. The second-order valence-corrected chi connectivity index (χ2v) is 8.36. The van der Waals surface area contributed by atoms with E-state index in [9.17, 15) is 13.2 Å². The van der Waals surface area contributed by atoms with Gasteiger partial charge in [0.2, 0.25) is 15.9 Å². The Bertz CT molecular complexity index is 648. The summed E-state index contributed by atoms with van der Waals surface area (Å²) in [6.45, 7) is 2.93. The highest BCUT2D eigenvalue weighted by Gasteiger charge is 2.34. The SMILES string of the molecule is C[C@@H](CNC(=O)[C@H]1CCCCN1S(C)(=O)=O)N(C)c1ccccc1. The van der Waals surface area contributed by atoms with Gasteiger partial charge >= 0.3 is 0 Å². The van der Waals surface area contributed by atoms with E-state index in [1.165, 1.54) is 10.6 Å². The Balaban J connectivity index is 1.94. The summed E-state index contributed by atoms with van der Waals surface area (Å²) >= 11 is 0. The molecule has 0 unspecified atom stereocenters. The fraction of sp³-hybridized carbons (Fsp3) is 0.588. The molecule has 24 heavy (non-hydrogen) atoms. The summed E-state index contributed by atoms with van der Waals surface area (Å²) < 4.78 is 25.1. The van der Waals surface area contributed by atoms with Crippen molar-refractivity contribution in [3.63, 3.8) is 0 Å². The number of hydrogen-bond donors (Lipinski definition) is 1. The molecule has 1 amide bonds. The number of carbonyl (C=O) groups excluding carboxylic acids is 1. The number of carbonyl (C=O) groups is 1. The van der Waals surface area contributed by atoms with Gasteiger partial charge in [-0.25, -0.2) is 8.42 Å². The van der Waals surface area contributed by atoms with Crippen molar-refractivity contribution in [1.82, 2.24) is 9.62 Å². The van der Waals surface area contributed by atoms with Crippen LogP contribution >= 0.6 is 0 Å². The maximum absolute atomic E-state index is 12.5. The van der Waals surface area contributed by atoms with Crippen LogP contribution in [0.3, 0.4) is 0 Å². The van der Waals surface area contributed by atoms with E-state index in [-0.39, 0.29) is 11.9 Å². The zero-order valence-electron chi connectivity index (χ0n) is 14.6. The summed E-state index contributed by atoms with van der Waals surface area (Å²) in [7, 11) is -1.37. The third-order valence-corrected chi connectivity index (χ3v) is 5.87. The van der Waals surface area contributed by atoms with Crippen molar-refractivity contribution < 1.29 is 13.2 Å². The lowest BCUT2D eigenvalue weighted by atomic mass is 10.0. The number of nitrogens with zero attached hydrogens (tertiary/aromatic N) is 2. The number of amides is 1. The zero-order chi connectivity index (χ0) is 17.7. The zero-order valence-corrected chi connectivity index (χ0v) is 15.4. The van der Waals surface area contributed by atoms with Gasteiger partial charge in [-0.05, 0) is 31.9 Å². The summed E-state index contributed by atoms with van der Waals surface area (Å²) in [5.41, 5.74) is 1.08. The number of piperidine rings is 1. The summed E-state index contributed by atoms with van der Waals surface area (Å²) in [5.74, 6) is -0.201. The molecule has 6 nitrogen and oxygen atoms in total. The molecule has 1 aliphatic heterocycles. The molecule has 2 atom stereocenters. The van der Waals surface area contributed by atoms with Gasteiger partial charge in [0.25, 0.3) is 0 Å². The Morgan fingerprint density at radius 3 is 2.62 bits per heavy atom. The largest absolute Gasteiger partial charge is 0.370 e. The number of sulfonamides is 1. The average Bonchev–Trinajstić information content (AvgIpc) is 2.58. The van der Waals surface area contributed by atoms with Gasteiger partial charge in [-0.15, -0.1) is 0 Å². The van der Waals surface area contributed by atoms with Crippen LogP contribution in [0, 0.1) is 0 Å². The third-order valence-electron chi connectivity index (χ3n) is 4.58. The lowest BCUT2D eigenvalue weighted by Crippen LogP contribution is -2.53. The second-order valence-electron chi connectivity index (χ2n) is 6.43. The Kier molecular flexibility index (Phi) is 6.23. The first kappa shape index (κ1) is 18.7. The van der Waals surface area contributed by atoms with Gasteiger partial charge in [0.15, 0.2) is 0 Å². The molecule has 1 aromatic rings. The standard InChI is InChI=1S/C17H27N3O3S/c1-14(19(2)15-9-5-4-6-10-15)13-18-17(21)16-11-7-8-12-20(16)24(3,22)23/h4-6,9-10,14,16H,7-8,11-13H2,1-3H3,(H,18,21)/t14-,16+/m0/s1. The minimum Gasteiger partial charge on any atom is -0.370 e. The molecule has 1 aromatic carbocycles. The van der Waals surface area contributed by atoms with E-state index < -0.39 is 16.1 Å². The van der Waals surface area contributed by atoms with E-state index in [1.54, 1.807) is 0 Å². The fourth-order valence-electron chi connectivity index (χ4n) is 2.98. The summed E-state index contributed by atoms with van der Waals surface area (Å²) in [6.07, 6.45) is 3.44. The highest BCUT2D eigenvalue weighted by Crippen LogP contribution is 2.20. The highest BCUT2D eigenvalue weighted by atomic mass is 32.2. The minimum atomic E-state index is -3.36. The molecule has 1 N–H and O–H groups in total. The summed E-state index contributed by atoms with van der Waals surface area (Å²) in [5, 5.41) is 2.92. The summed E-state index contributed by atoms with van der Waals surface area (Å²) in [6, 6.07) is 9.48. The van der Waals surface area contributed by atoms with Gasteiger partial charge in [0.1, 0.15) is 6.04 Å². The lowest BCUT2D eigenvalue weighted by Gasteiger charge is -2.33. The van der Waals surface area contributed by atoms with Crippen molar-refractivity contribution in [2.45, 2.75) is 38.3 Å². The molecule has 0 aliphatic carbocycles. The Labute approximate surface area is 144 Å². The van der Waals surface area contributed by atoms with E-state index in [0.29, 0.717) is 19.5 Å². The molecule has 1 saturated heterocycles. The maximum atomic E-state index is 12.5. The number of nitrogens with one attached hydrogen (secondary N) is 1. The van der Waals surface area contributed by atoms with Crippen LogP contribution < -0.4 is 10.2 Å². The molecule has 0 bridgehead atoms. The highest BCUT2D eigenvalue weighted by molar-refractivity contribution is 7.88. The van der Waals surface area contributed by atoms with Crippen molar-refractivity contribution in [2.24, 2.45) is 0 Å². The average molecular weight is 353 g/mol. The first-order valence-electron chi connectivity index (χ1n) is 8.33. The molecule has 0 spiro atoms. The van der Waals surface area contributed by atoms with E-state index in [4.69, 9.17) is 0 Å². The Hall–Kier alpha value is -1.60. The number of hydrogen-bond acceptors (Lipinski definition) is 4. The van der Waals surface area contributed by atoms with Crippen molar-refractivity contribution in [2.75, 3.05) is 31.3 Å². The van der Waals surface area contributed by atoms with Gasteiger partial charge in [0, 0.05) is 31.9 Å². The topological polar surface area (TPSA) is 69.7 Å². The van der Waals surface area contributed by atoms with Crippen LogP contribution in [-0.2, 0) is 14.8 Å². The molecule has 7 heteroatoms. The van der Waals surface area contributed by atoms with Crippen LogP contribution in [0.25, 0.3) is 0 Å². The number of anilines is 1. The van der Waals surface area contributed by atoms with Crippen LogP contribution in [0.5, 0.6) is 0 Å².